The van der Waals surface area contributed by atoms with Gasteiger partial charge in [0.05, 0.1) is 0 Å². The third kappa shape index (κ3) is 4.21. The number of ether oxygens (including phenoxy) is 1. The first-order chi connectivity index (χ1) is 8.82. The highest BCUT2D eigenvalue weighted by atomic mass is 19.1. The number of nitrogens with zero attached hydrogens (tertiary/aromatic N) is 1. The van der Waals surface area contributed by atoms with E-state index in [2.05, 4.69) is 0 Å². The summed E-state index contributed by atoms with van der Waals surface area (Å²) in [5.74, 6) is -0.251. The number of nitrogens with two attached hydrogens (primary N) is 1. The smallest absolute Gasteiger partial charge is 0.260 e. The van der Waals surface area contributed by atoms with Crippen LogP contribution in [0, 0.1) is 5.82 Å². The number of rotatable bonds is 5. The lowest BCUT2D eigenvalue weighted by atomic mass is 10.1. The van der Waals surface area contributed by atoms with Gasteiger partial charge in [0.1, 0.15) is 11.6 Å². The van der Waals surface area contributed by atoms with Crippen molar-refractivity contribution in [3.8, 4) is 5.75 Å². The molecule has 0 radical (unpaired) electrons. The molecule has 0 aromatic heterocycles. The standard InChI is InChI=1S/C14H21FN2O2/c1-9(2)17(4)14(18)8-19-13-7-11(15)5-6-12(13)10(3)16/h5-7,9-10H,8,16H2,1-4H3/t10-/m1/s1. The van der Waals surface area contributed by atoms with Crippen molar-refractivity contribution in [3.63, 3.8) is 0 Å². The molecule has 0 heterocycles. The molecule has 1 aromatic carbocycles. The third-order valence-corrected chi connectivity index (χ3v) is 2.99. The molecule has 0 unspecified atom stereocenters. The van der Waals surface area contributed by atoms with Crippen molar-refractivity contribution < 1.29 is 13.9 Å². The number of hydrogen-bond acceptors (Lipinski definition) is 3. The minimum atomic E-state index is -0.413. The van der Waals surface area contributed by atoms with Gasteiger partial charge in [-0.05, 0) is 26.8 Å². The van der Waals surface area contributed by atoms with E-state index in [1.165, 1.54) is 12.1 Å². The van der Waals surface area contributed by atoms with E-state index < -0.39 is 5.82 Å². The van der Waals surface area contributed by atoms with Crippen LogP contribution in [-0.2, 0) is 4.79 Å². The summed E-state index contributed by atoms with van der Waals surface area (Å²) in [4.78, 5) is 13.4. The lowest BCUT2D eigenvalue weighted by Crippen LogP contribution is -2.36. The van der Waals surface area contributed by atoms with Crippen molar-refractivity contribution in [1.29, 1.82) is 0 Å². The van der Waals surface area contributed by atoms with Crippen molar-refractivity contribution >= 4 is 5.91 Å². The van der Waals surface area contributed by atoms with Crippen LogP contribution in [0.2, 0.25) is 0 Å². The zero-order valence-corrected chi connectivity index (χ0v) is 11.8. The van der Waals surface area contributed by atoms with Crippen molar-refractivity contribution in [1.82, 2.24) is 4.90 Å². The van der Waals surface area contributed by atoms with E-state index in [4.69, 9.17) is 10.5 Å². The van der Waals surface area contributed by atoms with E-state index in [1.807, 2.05) is 13.8 Å². The molecule has 1 amide bonds. The van der Waals surface area contributed by atoms with Gasteiger partial charge >= 0.3 is 0 Å². The molecule has 0 aliphatic heterocycles. The first-order valence-electron chi connectivity index (χ1n) is 6.26. The van der Waals surface area contributed by atoms with Crippen LogP contribution in [0.1, 0.15) is 32.4 Å². The normalized spacial score (nSPS) is 12.4. The summed E-state index contributed by atoms with van der Waals surface area (Å²) in [6.07, 6.45) is 0. The molecule has 0 spiro atoms. The Kier molecular flexibility index (Phi) is 5.30. The lowest BCUT2D eigenvalue weighted by Gasteiger charge is -2.22. The Hall–Kier alpha value is -1.62. The Morgan fingerprint density at radius 2 is 2.05 bits per heavy atom. The van der Waals surface area contributed by atoms with Crippen molar-refractivity contribution in [2.45, 2.75) is 32.9 Å². The molecule has 4 nitrogen and oxygen atoms in total. The van der Waals surface area contributed by atoms with Gasteiger partial charge in [-0.1, -0.05) is 6.07 Å². The topological polar surface area (TPSA) is 55.6 Å². The number of benzene rings is 1. The molecule has 1 atom stereocenters. The lowest BCUT2D eigenvalue weighted by molar-refractivity contribution is -0.133. The molecule has 1 rings (SSSR count). The maximum absolute atomic E-state index is 13.2. The molecule has 106 valence electrons. The molecule has 0 saturated carbocycles. The predicted molar refractivity (Wildman–Crippen MR) is 72.4 cm³/mol. The Bertz CT molecular complexity index is 447. The summed E-state index contributed by atoms with van der Waals surface area (Å²) >= 11 is 0. The molecular formula is C14H21FN2O2. The van der Waals surface area contributed by atoms with Gasteiger partial charge in [-0.15, -0.1) is 0 Å². The molecular weight excluding hydrogens is 247 g/mol. The number of amides is 1. The van der Waals surface area contributed by atoms with Crippen molar-refractivity contribution in [3.05, 3.63) is 29.6 Å². The minimum absolute atomic E-state index is 0.0940. The van der Waals surface area contributed by atoms with E-state index in [1.54, 1.807) is 24.9 Å². The molecule has 0 bridgehead atoms. The van der Waals surface area contributed by atoms with Gasteiger partial charge in [0, 0.05) is 30.8 Å². The predicted octanol–water partition coefficient (Wildman–Crippen LogP) is 2.09. The van der Waals surface area contributed by atoms with Crippen LogP contribution in [0.25, 0.3) is 0 Å². The largest absolute Gasteiger partial charge is 0.483 e. The van der Waals surface area contributed by atoms with Crippen molar-refractivity contribution in [2.24, 2.45) is 5.73 Å². The molecule has 0 fully saturated rings. The van der Waals surface area contributed by atoms with Gasteiger partial charge in [-0.25, -0.2) is 4.39 Å². The van der Waals surface area contributed by atoms with Crippen LogP contribution in [0.15, 0.2) is 18.2 Å². The fourth-order valence-corrected chi connectivity index (χ4v) is 1.54. The maximum atomic E-state index is 13.2. The van der Waals surface area contributed by atoms with Gasteiger partial charge in [0.25, 0.3) is 5.91 Å². The summed E-state index contributed by atoms with van der Waals surface area (Å²) in [5.41, 5.74) is 6.46. The molecule has 2 N–H and O–H groups in total. The first kappa shape index (κ1) is 15.4. The highest BCUT2D eigenvalue weighted by Gasteiger charge is 2.15. The van der Waals surface area contributed by atoms with Crippen LogP contribution >= 0.6 is 0 Å². The molecule has 5 heteroatoms. The summed E-state index contributed by atoms with van der Waals surface area (Å²) in [5, 5.41) is 0. The third-order valence-electron chi connectivity index (χ3n) is 2.99. The average molecular weight is 268 g/mol. The molecule has 0 aliphatic rings. The maximum Gasteiger partial charge on any atom is 0.260 e. The van der Waals surface area contributed by atoms with Crippen LogP contribution in [0.4, 0.5) is 4.39 Å². The highest BCUT2D eigenvalue weighted by molar-refractivity contribution is 5.77. The summed E-state index contributed by atoms with van der Waals surface area (Å²) in [6.45, 7) is 5.47. The van der Waals surface area contributed by atoms with Crippen LogP contribution in [0.3, 0.4) is 0 Å². The fourth-order valence-electron chi connectivity index (χ4n) is 1.54. The van der Waals surface area contributed by atoms with Crippen LogP contribution < -0.4 is 10.5 Å². The number of carbonyl (C=O) groups is 1. The molecule has 0 saturated heterocycles. The van der Waals surface area contributed by atoms with Gasteiger partial charge in [0.15, 0.2) is 6.61 Å². The number of hydrogen-bond donors (Lipinski definition) is 1. The zero-order chi connectivity index (χ0) is 14.6. The Labute approximate surface area is 113 Å². The van der Waals surface area contributed by atoms with E-state index in [0.717, 1.165) is 0 Å². The number of carbonyl (C=O) groups excluding carboxylic acids is 1. The van der Waals surface area contributed by atoms with E-state index >= 15 is 0 Å². The van der Waals surface area contributed by atoms with Gasteiger partial charge in [-0.2, -0.15) is 0 Å². The Morgan fingerprint density at radius 3 is 2.58 bits per heavy atom. The molecule has 1 aromatic rings. The molecule has 0 aliphatic carbocycles. The van der Waals surface area contributed by atoms with Crippen LogP contribution in [-0.4, -0.2) is 30.5 Å². The van der Waals surface area contributed by atoms with Crippen LogP contribution in [0.5, 0.6) is 5.75 Å². The van der Waals surface area contributed by atoms with E-state index in [0.29, 0.717) is 11.3 Å². The van der Waals surface area contributed by atoms with Gasteiger partial charge in [-0.3, -0.25) is 4.79 Å². The fraction of sp³-hybridized carbons (Fsp3) is 0.500. The second-order valence-electron chi connectivity index (χ2n) is 4.86. The quantitative estimate of drug-likeness (QED) is 0.889. The second-order valence-corrected chi connectivity index (χ2v) is 4.86. The zero-order valence-electron chi connectivity index (χ0n) is 11.8. The Balaban J connectivity index is 2.77. The van der Waals surface area contributed by atoms with Gasteiger partial charge in [0.2, 0.25) is 0 Å². The average Bonchev–Trinajstić information content (AvgIpc) is 2.34. The second kappa shape index (κ2) is 6.52. The van der Waals surface area contributed by atoms with E-state index in [-0.39, 0.29) is 24.6 Å². The number of likely N-dealkylation sites (N-methyl/N-ethyl adjacent to an activating group) is 1. The minimum Gasteiger partial charge on any atom is -0.483 e. The summed E-state index contributed by atoms with van der Waals surface area (Å²) in [7, 11) is 1.70. The van der Waals surface area contributed by atoms with Gasteiger partial charge < -0.3 is 15.4 Å². The van der Waals surface area contributed by atoms with E-state index in [9.17, 15) is 9.18 Å². The van der Waals surface area contributed by atoms with Crippen molar-refractivity contribution in [2.75, 3.05) is 13.7 Å². The highest BCUT2D eigenvalue weighted by Crippen LogP contribution is 2.24. The Morgan fingerprint density at radius 1 is 1.42 bits per heavy atom. The summed E-state index contributed by atoms with van der Waals surface area (Å²) in [6, 6.07) is 3.96. The number of halogens is 1. The molecule has 19 heavy (non-hydrogen) atoms. The monoisotopic (exact) mass is 268 g/mol. The summed E-state index contributed by atoms with van der Waals surface area (Å²) < 4.78 is 18.6. The first-order valence-corrected chi connectivity index (χ1v) is 6.26. The SMILES string of the molecule is CC(C)N(C)C(=O)COc1cc(F)ccc1[C@@H](C)N.